The first kappa shape index (κ1) is 12.7. The van der Waals surface area contributed by atoms with Gasteiger partial charge in [-0.25, -0.2) is 8.78 Å². The van der Waals surface area contributed by atoms with Crippen LogP contribution in [-0.2, 0) is 0 Å². The summed E-state index contributed by atoms with van der Waals surface area (Å²) in [6, 6.07) is 7.74. The van der Waals surface area contributed by atoms with E-state index >= 15 is 0 Å². The quantitative estimate of drug-likeness (QED) is 0.788. The van der Waals surface area contributed by atoms with E-state index in [-0.39, 0.29) is 17.1 Å². The number of aldehydes is 1. The van der Waals surface area contributed by atoms with E-state index in [4.69, 9.17) is 4.74 Å². The molecule has 5 heteroatoms. The average molecular weight is 313 g/mol. The number of carbonyl (C=O) groups excluding carboxylic acids is 1. The van der Waals surface area contributed by atoms with Gasteiger partial charge in [-0.3, -0.25) is 4.79 Å². The first-order valence-electron chi connectivity index (χ1n) is 4.97. The van der Waals surface area contributed by atoms with Crippen molar-refractivity contribution >= 4 is 22.2 Å². The molecule has 0 amide bonds. The van der Waals surface area contributed by atoms with Gasteiger partial charge in [0.05, 0.1) is 4.47 Å². The highest BCUT2D eigenvalue weighted by molar-refractivity contribution is 9.10. The predicted octanol–water partition coefficient (Wildman–Crippen LogP) is 4.33. The SMILES string of the molecule is O=Cc1cc(F)cc(Oc2ccc(Br)c(F)c2)c1. The van der Waals surface area contributed by atoms with Crippen molar-refractivity contribution in [2.45, 2.75) is 0 Å². The number of hydrogen-bond donors (Lipinski definition) is 0. The van der Waals surface area contributed by atoms with Gasteiger partial charge in [0, 0.05) is 17.7 Å². The van der Waals surface area contributed by atoms with Crippen LogP contribution in [-0.4, -0.2) is 6.29 Å². The molecule has 0 aromatic heterocycles. The fourth-order valence-corrected chi connectivity index (χ4v) is 1.63. The molecule has 0 heterocycles. The Morgan fingerprint density at radius 1 is 1.06 bits per heavy atom. The maximum Gasteiger partial charge on any atom is 0.150 e. The van der Waals surface area contributed by atoms with E-state index in [0.717, 1.165) is 18.2 Å². The highest BCUT2D eigenvalue weighted by atomic mass is 79.9. The molecular weight excluding hydrogens is 306 g/mol. The number of benzene rings is 2. The topological polar surface area (TPSA) is 26.3 Å². The second kappa shape index (κ2) is 5.27. The summed E-state index contributed by atoms with van der Waals surface area (Å²) in [4.78, 5) is 10.6. The van der Waals surface area contributed by atoms with Crippen LogP contribution in [0.25, 0.3) is 0 Å². The molecule has 2 aromatic carbocycles. The van der Waals surface area contributed by atoms with E-state index < -0.39 is 11.6 Å². The second-order valence-corrected chi connectivity index (χ2v) is 4.37. The molecular formula is C13H7BrF2O2. The fourth-order valence-electron chi connectivity index (χ4n) is 1.39. The van der Waals surface area contributed by atoms with Crippen molar-refractivity contribution in [3.8, 4) is 11.5 Å². The second-order valence-electron chi connectivity index (χ2n) is 3.52. The third kappa shape index (κ3) is 2.92. The summed E-state index contributed by atoms with van der Waals surface area (Å²) in [6.45, 7) is 0. The Morgan fingerprint density at radius 3 is 2.50 bits per heavy atom. The number of hydrogen-bond acceptors (Lipinski definition) is 2. The van der Waals surface area contributed by atoms with Crippen LogP contribution in [0.4, 0.5) is 8.78 Å². The van der Waals surface area contributed by atoms with Crippen molar-refractivity contribution < 1.29 is 18.3 Å². The summed E-state index contributed by atoms with van der Waals surface area (Å²) in [5.74, 6) is -0.719. The number of rotatable bonds is 3. The first-order valence-corrected chi connectivity index (χ1v) is 5.76. The van der Waals surface area contributed by atoms with Crippen LogP contribution in [0.15, 0.2) is 40.9 Å². The Hall–Kier alpha value is -1.75. The van der Waals surface area contributed by atoms with Gasteiger partial charge >= 0.3 is 0 Å². The van der Waals surface area contributed by atoms with Gasteiger partial charge < -0.3 is 4.74 Å². The molecule has 2 nitrogen and oxygen atoms in total. The summed E-state index contributed by atoms with van der Waals surface area (Å²) < 4.78 is 32.0. The van der Waals surface area contributed by atoms with Crippen LogP contribution in [0.5, 0.6) is 11.5 Å². The van der Waals surface area contributed by atoms with Crippen molar-refractivity contribution in [1.82, 2.24) is 0 Å². The highest BCUT2D eigenvalue weighted by Crippen LogP contribution is 2.26. The molecule has 0 aliphatic carbocycles. The van der Waals surface area contributed by atoms with Gasteiger partial charge in [-0.05, 0) is 40.2 Å². The van der Waals surface area contributed by atoms with Gasteiger partial charge in [0.2, 0.25) is 0 Å². The smallest absolute Gasteiger partial charge is 0.150 e. The standard InChI is InChI=1S/C13H7BrF2O2/c14-12-2-1-10(6-13(12)16)18-11-4-8(7-17)3-9(15)5-11/h1-7H. The third-order valence-corrected chi connectivity index (χ3v) is 2.80. The molecule has 0 unspecified atom stereocenters. The van der Waals surface area contributed by atoms with E-state index in [9.17, 15) is 13.6 Å². The van der Waals surface area contributed by atoms with E-state index in [1.54, 1.807) is 0 Å². The van der Waals surface area contributed by atoms with Crippen LogP contribution in [0.3, 0.4) is 0 Å². The van der Waals surface area contributed by atoms with Gasteiger partial charge in [-0.2, -0.15) is 0 Å². The van der Waals surface area contributed by atoms with Crippen molar-refractivity contribution in [2.75, 3.05) is 0 Å². The van der Waals surface area contributed by atoms with Crippen molar-refractivity contribution in [1.29, 1.82) is 0 Å². The molecule has 0 spiro atoms. The molecule has 92 valence electrons. The Kier molecular flexibility index (Phi) is 3.72. The molecule has 18 heavy (non-hydrogen) atoms. The van der Waals surface area contributed by atoms with Crippen molar-refractivity contribution in [3.63, 3.8) is 0 Å². The van der Waals surface area contributed by atoms with E-state index in [0.29, 0.717) is 10.8 Å². The Balaban J connectivity index is 2.30. The van der Waals surface area contributed by atoms with Gasteiger partial charge in [0.25, 0.3) is 0 Å². The van der Waals surface area contributed by atoms with Crippen LogP contribution in [0.1, 0.15) is 10.4 Å². The van der Waals surface area contributed by atoms with Crippen LogP contribution >= 0.6 is 15.9 Å². The zero-order chi connectivity index (χ0) is 13.1. The molecule has 2 rings (SSSR count). The van der Waals surface area contributed by atoms with Crippen LogP contribution in [0.2, 0.25) is 0 Å². The maximum absolute atomic E-state index is 13.2. The van der Waals surface area contributed by atoms with Crippen LogP contribution < -0.4 is 4.74 Å². The minimum atomic E-state index is -0.591. The van der Waals surface area contributed by atoms with Crippen molar-refractivity contribution in [2.24, 2.45) is 0 Å². The summed E-state index contributed by atoms with van der Waals surface area (Å²) in [6.07, 6.45) is 0.512. The summed E-state index contributed by atoms with van der Waals surface area (Å²) in [5.41, 5.74) is 0.155. The molecule has 0 atom stereocenters. The molecule has 0 fully saturated rings. The Morgan fingerprint density at radius 2 is 1.83 bits per heavy atom. The van der Waals surface area contributed by atoms with E-state index in [1.165, 1.54) is 18.2 Å². The minimum absolute atomic E-state index is 0.138. The van der Waals surface area contributed by atoms with Crippen LogP contribution in [0, 0.1) is 11.6 Å². The monoisotopic (exact) mass is 312 g/mol. The maximum atomic E-state index is 13.2. The number of ether oxygens (including phenoxy) is 1. The molecule has 2 aromatic rings. The van der Waals surface area contributed by atoms with E-state index in [1.807, 2.05) is 0 Å². The third-order valence-electron chi connectivity index (χ3n) is 2.16. The highest BCUT2D eigenvalue weighted by Gasteiger charge is 2.05. The van der Waals surface area contributed by atoms with Gasteiger partial charge in [-0.1, -0.05) is 0 Å². The Bertz CT molecular complexity index is 600. The van der Waals surface area contributed by atoms with Crippen molar-refractivity contribution in [3.05, 3.63) is 58.1 Å². The molecule has 0 aliphatic heterocycles. The number of carbonyl (C=O) groups is 1. The molecule has 0 radical (unpaired) electrons. The molecule has 0 N–H and O–H groups in total. The summed E-state index contributed by atoms with van der Waals surface area (Å²) in [5, 5.41) is 0. The van der Waals surface area contributed by atoms with E-state index in [2.05, 4.69) is 15.9 Å². The fraction of sp³-hybridized carbons (Fsp3) is 0. The number of halogens is 3. The summed E-state index contributed by atoms with van der Waals surface area (Å²) >= 11 is 3.01. The molecule has 0 saturated heterocycles. The molecule has 0 saturated carbocycles. The zero-order valence-corrected chi connectivity index (χ0v) is 10.6. The lowest BCUT2D eigenvalue weighted by molar-refractivity contribution is 0.112. The largest absolute Gasteiger partial charge is 0.457 e. The lowest BCUT2D eigenvalue weighted by atomic mass is 10.2. The predicted molar refractivity (Wildman–Crippen MR) is 66.0 cm³/mol. The Labute approximate surface area is 110 Å². The summed E-state index contributed by atoms with van der Waals surface area (Å²) in [7, 11) is 0. The average Bonchev–Trinajstić information content (AvgIpc) is 2.33. The van der Waals surface area contributed by atoms with Gasteiger partial charge in [0.1, 0.15) is 29.4 Å². The molecule has 0 bridgehead atoms. The van der Waals surface area contributed by atoms with Gasteiger partial charge in [0.15, 0.2) is 0 Å². The lowest BCUT2D eigenvalue weighted by Crippen LogP contribution is -1.90. The van der Waals surface area contributed by atoms with Gasteiger partial charge in [-0.15, -0.1) is 0 Å². The zero-order valence-electron chi connectivity index (χ0n) is 8.99. The molecule has 0 aliphatic rings. The lowest BCUT2D eigenvalue weighted by Gasteiger charge is -2.07. The minimum Gasteiger partial charge on any atom is -0.457 e. The first-order chi connectivity index (χ1) is 8.58. The normalized spacial score (nSPS) is 10.2.